The summed E-state index contributed by atoms with van der Waals surface area (Å²) < 4.78 is 5.05. The molecule has 2 heteroatoms. The van der Waals surface area contributed by atoms with E-state index in [1.54, 1.807) is 6.20 Å². The molecule has 0 aliphatic heterocycles. The standard InChI is InChI=1S/C10H11NO/c1-2-3-8-4-5-9-7-11-12-10(9)6-8/h4-7H,2-3H2,1H3. The Hall–Kier alpha value is -1.31. The van der Waals surface area contributed by atoms with Crippen molar-refractivity contribution in [2.75, 3.05) is 0 Å². The van der Waals surface area contributed by atoms with Crippen LogP contribution in [0.1, 0.15) is 18.9 Å². The molecule has 2 rings (SSSR count). The molecular formula is C10H11NO. The van der Waals surface area contributed by atoms with Crippen molar-refractivity contribution in [1.82, 2.24) is 5.16 Å². The fourth-order valence-electron chi connectivity index (χ4n) is 1.35. The lowest BCUT2D eigenvalue weighted by Crippen LogP contribution is -1.80. The van der Waals surface area contributed by atoms with E-state index in [1.165, 1.54) is 12.0 Å². The molecule has 0 fully saturated rings. The summed E-state index contributed by atoms with van der Waals surface area (Å²) >= 11 is 0. The van der Waals surface area contributed by atoms with Crippen molar-refractivity contribution in [2.24, 2.45) is 0 Å². The van der Waals surface area contributed by atoms with Crippen molar-refractivity contribution in [3.05, 3.63) is 30.0 Å². The largest absolute Gasteiger partial charge is 0.356 e. The van der Waals surface area contributed by atoms with Gasteiger partial charge < -0.3 is 4.52 Å². The van der Waals surface area contributed by atoms with Crippen LogP contribution in [0.2, 0.25) is 0 Å². The van der Waals surface area contributed by atoms with Gasteiger partial charge in [0.25, 0.3) is 0 Å². The zero-order chi connectivity index (χ0) is 8.39. The first-order valence-corrected chi connectivity index (χ1v) is 4.23. The first-order chi connectivity index (χ1) is 5.90. The van der Waals surface area contributed by atoms with E-state index in [2.05, 4.69) is 30.3 Å². The first-order valence-electron chi connectivity index (χ1n) is 4.23. The molecule has 0 spiro atoms. The molecular weight excluding hydrogens is 150 g/mol. The molecule has 0 saturated carbocycles. The predicted octanol–water partition coefficient (Wildman–Crippen LogP) is 2.78. The lowest BCUT2D eigenvalue weighted by Gasteiger charge is -1.95. The van der Waals surface area contributed by atoms with Gasteiger partial charge in [0.2, 0.25) is 0 Å². The van der Waals surface area contributed by atoms with Crippen LogP contribution in [0.25, 0.3) is 11.0 Å². The van der Waals surface area contributed by atoms with E-state index in [-0.39, 0.29) is 0 Å². The molecule has 0 radical (unpaired) electrons. The molecule has 2 nitrogen and oxygen atoms in total. The molecule has 12 heavy (non-hydrogen) atoms. The molecule has 1 aromatic carbocycles. The topological polar surface area (TPSA) is 26.0 Å². The van der Waals surface area contributed by atoms with E-state index in [9.17, 15) is 0 Å². The third-order valence-corrected chi connectivity index (χ3v) is 1.96. The van der Waals surface area contributed by atoms with Gasteiger partial charge in [-0.2, -0.15) is 0 Å². The van der Waals surface area contributed by atoms with Crippen LogP contribution in [0.5, 0.6) is 0 Å². The average Bonchev–Trinajstić information content (AvgIpc) is 2.51. The van der Waals surface area contributed by atoms with Crippen molar-refractivity contribution < 1.29 is 4.52 Å². The Morgan fingerprint density at radius 1 is 1.42 bits per heavy atom. The third-order valence-electron chi connectivity index (χ3n) is 1.96. The number of fused-ring (bicyclic) bond motifs is 1. The van der Waals surface area contributed by atoms with Crippen molar-refractivity contribution in [3.63, 3.8) is 0 Å². The molecule has 0 amide bonds. The lowest BCUT2D eigenvalue weighted by atomic mass is 10.1. The third kappa shape index (κ3) is 1.20. The summed E-state index contributed by atoms with van der Waals surface area (Å²) in [6.45, 7) is 2.17. The van der Waals surface area contributed by atoms with Gasteiger partial charge in [-0.3, -0.25) is 0 Å². The minimum absolute atomic E-state index is 0.890. The highest BCUT2D eigenvalue weighted by molar-refractivity contribution is 5.76. The van der Waals surface area contributed by atoms with Crippen LogP contribution in [0.15, 0.2) is 28.9 Å². The predicted molar refractivity (Wildman–Crippen MR) is 48.0 cm³/mol. The first kappa shape index (κ1) is 7.35. The number of aryl methyl sites for hydroxylation is 1. The number of hydrogen-bond acceptors (Lipinski definition) is 2. The molecule has 0 bridgehead atoms. The minimum atomic E-state index is 0.890. The molecule has 62 valence electrons. The normalized spacial score (nSPS) is 10.8. The minimum Gasteiger partial charge on any atom is -0.356 e. The van der Waals surface area contributed by atoms with Crippen molar-refractivity contribution in [1.29, 1.82) is 0 Å². The number of rotatable bonds is 2. The van der Waals surface area contributed by atoms with Crippen molar-refractivity contribution in [3.8, 4) is 0 Å². The maximum absolute atomic E-state index is 5.05. The van der Waals surface area contributed by atoms with E-state index in [4.69, 9.17) is 4.52 Å². The maximum atomic E-state index is 5.05. The van der Waals surface area contributed by atoms with Crippen LogP contribution < -0.4 is 0 Å². The quantitative estimate of drug-likeness (QED) is 0.676. The van der Waals surface area contributed by atoms with E-state index < -0.39 is 0 Å². The summed E-state index contributed by atoms with van der Waals surface area (Å²) in [4.78, 5) is 0. The van der Waals surface area contributed by atoms with Crippen LogP contribution >= 0.6 is 0 Å². The summed E-state index contributed by atoms with van der Waals surface area (Å²) in [6.07, 6.45) is 4.02. The summed E-state index contributed by atoms with van der Waals surface area (Å²) in [6, 6.07) is 6.24. The Bertz CT molecular complexity index is 378. The Kier molecular flexibility index (Phi) is 1.82. The van der Waals surface area contributed by atoms with Gasteiger partial charge >= 0.3 is 0 Å². The molecule has 0 N–H and O–H groups in total. The van der Waals surface area contributed by atoms with E-state index in [1.807, 2.05) is 0 Å². The van der Waals surface area contributed by atoms with Gasteiger partial charge in [-0.25, -0.2) is 0 Å². The Balaban J connectivity index is 2.46. The van der Waals surface area contributed by atoms with E-state index >= 15 is 0 Å². The highest BCUT2D eigenvalue weighted by Gasteiger charge is 1.98. The second kappa shape index (κ2) is 2.97. The zero-order valence-corrected chi connectivity index (χ0v) is 7.08. The fourth-order valence-corrected chi connectivity index (χ4v) is 1.35. The molecule has 1 heterocycles. The molecule has 0 aliphatic rings. The Morgan fingerprint density at radius 2 is 2.33 bits per heavy atom. The number of nitrogens with zero attached hydrogens (tertiary/aromatic N) is 1. The zero-order valence-electron chi connectivity index (χ0n) is 7.08. The monoisotopic (exact) mass is 161 g/mol. The number of aromatic nitrogens is 1. The van der Waals surface area contributed by atoms with Gasteiger partial charge in [0.15, 0.2) is 5.58 Å². The average molecular weight is 161 g/mol. The van der Waals surface area contributed by atoms with E-state index in [0.717, 1.165) is 17.4 Å². The summed E-state index contributed by atoms with van der Waals surface area (Å²) in [7, 11) is 0. The Labute approximate surface area is 71.2 Å². The van der Waals surface area contributed by atoms with Crippen LogP contribution in [-0.4, -0.2) is 5.16 Å². The van der Waals surface area contributed by atoms with E-state index in [0.29, 0.717) is 0 Å². The van der Waals surface area contributed by atoms with Gasteiger partial charge in [0.1, 0.15) is 0 Å². The molecule has 1 aromatic heterocycles. The van der Waals surface area contributed by atoms with Gasteiger partial charge in [-0.05, 0) is 24.1 Å². The SMILES string of the molecule is CCCc1ccc2cnoc2c1. The molecule has 0 aliphatic carbocycles. The second-order valence-corrected chi connectivity index (χ2v) is 2.95. The highest BCUT2D eigenvalue weighted by Crippen LogP contribution is 2.15. The maximum Gasteiger partial charge on any atom is 0.167 e. The van der Waals surface area contributed by atoms with Crippen LogP contribution in [0.4, 0.5) is 0 Å². The lowest BCUT2D eigenvalue weighted by molar-refractivity contribution is 0.456. The van der Waals surface area contributed by atoms with Gasteiger partial charge in [-0.1, -0.05) is 24.6 Å². The summed E-state index contributed by atoms with van der Waals surface area (Å²) in [5.41, 5.74) is 2.21. The Morgan fingerprint density at radius 3 is 3.17 bits per heavy atom. The molecule has 0 saturated heterocycles. The molecule has 0 unspecified atom stereocenters. The van der Waals surface area contributed by atoms with Crippen molar-refractivity contribution in [2.45, 2.75) is 19.8 Å². The van der Waals surface area contributed by atoms with Crippen LogP contribution in [0.3, 0.4) is 0 Å². The summed E-state index contributed by atoms with van der Waals surface area (Å²) in [5, 5.41) is 4.81. The highest BCUT2D eigenvalue weighted by atomic mass is 16.5. The van der Waals surface area contributed by atoms with Crippen LogP contribution in [0, 0.1) is 0 Å². The number of hydrogen-bond donors (Lipinski definition) is 0. The van der Waals surface area contributed by atoms with Crippen molar-refractivity contribution >= 4 is 11.0 Å². The van der Waals surface area contributed by atoms with Gasteiger partial charge in [0, 0.05) is 5.39 Å². The van der Waals surface area contributed by atoms with Crippen LogP contribution in [-0.2, 0) is 6.42 Å². The second-order valence-electron chi connectivity index (χ2n) is 2.95. The van der Waals surface area contributed by atoms with Gasteiger partial charge in [-0.15, -0.1) is 0 Å². The molecule has 2 aromatic rings. The molecule has 0 atom stereocenters. The van der Waals surface area contributed by atoms with Gasteiger partial charge in [0.05, 0.1) is 6.20 Å². The smallest absolute Gasteiger partial charge is 0.167 e. The fraction of sp³-hybridized carbons (Fsp3) is 0.300. The summed E-state index contributed by atoms with van der Waals surface area (Å²) in [5.74, 6) is 0. The number of benzene rings is 1.